The number of unbranched alkanes of at least 4 members (excludes halogenated alkanes) is 1. The van der Waals surface area contributed by atoms with E-state index in [-0.39, 0.29) is 23.4 Å². The van der Waals surface area contributed by atoms with Crippen LogP contribution in [-0.2, 0) is 12.0 Å². The number of carbonyl (C=O) groups excluding carboxylic acids is 1. The highest BCUT2D eigenvalue weighted by Gasteiger charge is 2.34. The van der Waals surface area contributed by atoms with E-state index in [4.69, 9.17) is 9.97 Å². The minimum atomic E-state index is -0.0802. The lowest BCUT2D eigenvalue weighted by Gasteiger charge is -2.42. The van der Waals surface area contributed by atoms with Gasteiger partial charge in [0.2, 0.25) is 0 Å². The number of nitrogens with one attached hydrogen (secondary N) is 3. The van der Waals surface area contributed by atoms with Gasteiger partial charge in [-0.05, 0) is 110 Å². The highest BCUT2D eigenvalue weighted by Crippen LogP contribution is 2.42. The zero-order valence-corrected chi connectivity index (χ0v) is 32.2. The number of rotatable bonds is 12. The average Bonchev–Trinajstić information content (AvgIpc) is 3.61. The van der Waals surface area contributed by atoms with Crippen LogP contribution in [0, 0.1) is 13.8 Å². The Balaban J connectivity index is 0.961. The number of aryl methyl sites for hydroxylation is 2. The molecule has 5 heterocycles. The number of nitrogens with zero attached hydrogens (tertiary/aromatic N) is 5. The molecule has 1 saturated heterocycles. The van der Waals surface area contributed by atoms with Crippen molar-refractivity contribution < 1.29 is 4.79 Å². The van der Waals surface area contributed by atoms with Crippen LogP contribution in [0.3, 0.4) is 0 Å². The Bertz CT molecular complexity index is 2130. The first-order valence-electron chi connectivity index (χ1n) is 19.3. The molecule has 4 aromatic heterocycles. The minimum Gasteiger partial charge on any atom is -0.372 e. The van der Waals surface area contributed by atoms with Crippen molar-refractivity contribution in [2.45, 2.75) is 90.8 Å². The number of H-pyrrole nitrogens is 1. The molecule has 0 spiro atoms. The summed E-state index contributed by atoms with van der Waals surface area (Å²) < 4.78 is 0. The number of hydrogen-bond donors (Lipinski definition) is 3. The second-order valence-electron chi connectivity index (χ2n) is 15.6. The number of carbonyl (C=O) groups is 1. The number of aromatic nitrogens is 5. The Morgan fingerprint density at radius 1 is 0.833 bits per heavy atom. The predicted molar refractivity (Wildman–Crippen MR) is 217 cm³/mol. The third-order valence-electron chi connectivity index (χ3n) is 10.8. The first-order valence-corrected chi connectivity index (χ1v) is 19.3. The van der Waals surface area contributed by atoms with Crippen molar-refractivity contribution >= 4 is 22.8 Å². The van der Waals surface area contributed by atoms with Crippen molar-refractivity contribution in [2.75, 3.05) is 18.4 Å². The van der Waals surface area contributed by atoms with E-state index in [9.17, 15) is 4.79 Å². The highest BCUT2D eigenvalue weighted by atomic mass is 16.1. The molecule has 9 nitrogen and oxygen atoms in total. The second kappa shape index (κ2) is 16.3. The molecule has 6 aromatic rings. The van der Waals surface area contributed by atoms with E-state index in [1.165, 1.54) is 34.5 Å². The fraction of sp³-hybridized carbons (Fsp3) is 0.356. The standard InChI is InChI=1S/C45H52N8O/c1-30-11-9-24-47-40(30)37-13-8-14-38(41-31(2)12-10-25-48-41)53(37)26-7-6-23-46-39-27-36-42(50-29-51-43(36)52-39)33-17-15-32(16-18-33)28-49-44(54)34-19-21-35(22-20-34)45(3,4)5/h9-12,15-22,24-25,27,29,37-38,46H,6-8,13-14,23,26,28H2,1-5H3,(H,49,54)(H,50,51,52)/t37-,38+. The summed E-state index contributed by atoms with van der Waals surface area (Å²) in [5.41, 5.74) is 10.5. The van der Waals surface area contributed by atoms with Gasteiger partial charge < -0.3 is 15.6 Å². The fourth-order valence-electron chi connectivity index (χ4n) is 7.74. The molecule has 0 saturated carbocycles. The number of aromatic amines is 1. The van der Waals surface area contributed by atoms with E-state index in [2.05, 4.69) is 95.4 Å². The van der Waals surface area contributed by atoms with Gasteiger partial charge in [-0.3, -0.25) is 19.7 Å². The highest BCUT2D eigenvalue weighted by molar-refractivity contribution is 5.94. The fourth-order valence-corrected chi connectivity index (χ4v) is 7.74. The van der Waals surface area contributed by atoms with Crippen molar-refractivity contribution in [3.63, 3.8) is 0 Å². The number of hydrogen-bond acceptors (Lipinski definition) is 7. The van der Waals surface area contributed by atoms with Gasteiger partial charge in [0, 0.05) is 42.0 Å². The minimum absolute atomic E-state index is 0.0499. The van der Waals surface area contributed by atoms with Crippen LogP contribution in [0.2, 0.25) is 0 Å². The van der Waals surface area contributed by atoms with E-state index >= 15 is 0 Å². The summed E-state index contributed by atoms with van der Waals surface area (Å²) in [6.07, 6.45) is 10.9. The topological polar surface area (TPSA) is 112 Å². The van der Waals surface area contributed by atoms with Gasteiger partial charge in [0.15, 0.2) is 0 Å². The summed E-state index contributed by atoms with van der Waals surface area (Å²) in [5.74, 6) is 0.854. The van der Waals surface area contributed by atoms with E-state index in [0.717, 1.165) is 72.4 Å². The molecule has 0 aliphatic carbocycles. The van der Waals surface area contributed by atoms with Crippen molar-refractivity contribution in [3.8, 4) is 11.3 Å². The lowest BCUT2D eigenvalue weighted by molar-refractivity contribution is 0.0745. The van der Waals surface area contributed by atoms with Crippen LogP contribution in [0.25, 0.3) is 22.3 Å². The zero-order chi connectivity index (χ0) is 37.7. The Hall–Kier alpha value is -5.41. The van der Waals surface area contributed by atoms with Crippen molar-refractivity contribution in [3.05, 3.63) is 137 Å². The van der Waals surface area contributed by atoms with Crippen molar-refractivity contribution in [1.82, 2.24) is 35.1 Å². The maximum atomic E-state index is 12.8. The molecular formula is C45H52N8O. The van der Waals surface area contributed by atoms with Crippen LogP contribution in [-0.4, -0.2) is 48.8 Å². The molecule has 7 rings (SSSR count). The van der Waals surface area contributed by atoms with Gasteiger partial charge in [-0.2, -0.15) is 0 Å². The molecule has 1 aliphatic rings. The molecular weight excluding hydrogens is 669 g/mol. The Labute approximate surface area is 319 Å². The normalized spacial score (nSPS) is 16.4. The number of fused-ring (bicyclic) bond motifs is 1. The van der Waals surface area contributed by atoms with Crippen LogP contribution < -0.4 is 10.6 Å². The number of likely N-dealkylation sites (tertiary alicyclic amines) is 1. The van der Waals surface area contributed by atoms with E-state index in [1.807, 2.05) is 60.9 Å². The summed E-state index contributed by atoms with van der Waals surface area (Å²) >= 11 is 0. The van der Waals surface area contributed by atoms with Crippen molar-refractivity contribution in [2.24, 2.45) is 0 Å². The number of anilines is 1. The molecule has 54 heavy (non-hydrogen) atoms. The second-order valence-corrected chi connectivity index (χ2v) is 15.6. The largest absolute Gasteiger partial charge is 0.372 e. The van der Waals surface area contributed by atoms with Gasteiger partial charge in [-0.1, -0.05) is 69.3 Å². The number of pyridine rings is 2. The lowest BCUT2D eigenvalue weighted by atomic mass is 9.87. The van der Waals surface area contributed by atoms with E-state index in [1.54, 1.807) is 6.33 Å². The summed E-state index contributed by atoms with van der Waals surface area (Å²) in [6, 6.07) is 27.2. The molecule has 1 fully saturated rings. The Kier molecular flexibility index (Phi) is 11.2. The Morgan fingerprint density at radius 3 is 2.13 bits per heavy atom. The molecule has 1 amide bonds. The molecule has 0 bridgehead atoms. The van der Waals surface area contributed by atoms with E-state index in [0.29, 0.717) is 12.1 Å². The number of piperidine rings is 1. The van der Waals surface area contributed by atoms with Gasteiger partial charge in [-0.25, -0.2) is 9.97 Å². The van der Waals surface area contributed by atoms with Crippen LogP contribution in [0.1, 0.15) is 109 Å². The van der Waals surface area contributed by atoms with Gasteiger partial charge in [0.05, 0.1) is 29.2 Å². The Morgan fingerprint density at radius 2 is 1.50 bits per heavy atom. The molecule has 0 unspecified atom stereocenters. The smallest absolute Gasteiger partial charge is 0.251 e. The van der Waals surface area contributed by atoms with Gasteiger partial charge in [0.1, 0.15) is 17.8 Å². The molecule has 278 valence electrons. The average molecular weight is 721 g/mol. The number of benzene rings is 2. The number of amides is 1. The van der Waals surface area contributed by atoms with Crippen LogP contribution in [0.5, 0.6) is 0 Å². The summed E-state index contributed by atoms with van der Waals surface area (Å²) in [4.78, 5) is 37.8. The van der Waals surface area contributed by atoms with Crippen molar-refractivity contribution in [1.29, 1.82) is 0 Å². The monoisotopic (exact) mass is 720 g/mol. The van der Waals surface area contributed by atoms with Gasteiger partial charge in [-0.15, -0.1) is 0 Å². The zero-order valence-electron chi connectivity index (χ0n) is 32.2. The molecule has 1 aliphatic heterocycles. The van der Waals surface area contributed by atoms with Gasteiger partial charge in [0.25, 0.3) is 5.91 Å². The molecule has 3 N–H and O–H groups in total. The van der Waals surface area contributed by atoms with Crippen LogP contribution in [0.15, 0.2) is 97.6 Å². The van der Waals surface area contributed by atoms with Crippen LogP contribution >= 0.6 is 0 Å². The first-order chi connectivity index (χ1) is 26.2. The quantitative estimate of drug-likeness (QED) is 0.108. The molecule has 2 aromatic carbocycles. The SMILES string of the molecule is Cc1cccnc1[C@H]1CCC[C@@H](c2ncccc2C)N1CCCCNc1cc2c(-c3ccc(CNC(=O)c4ccc(C(C)(C)C)cc4)cc3)ncnc2[nH]1. The molecule has 0 radical (unpaired) electrons. The van der Waals surface area contributed by atoms with E-state index < -0.39 is 0 Å². The maximum absolute atomic E-state index is 12.8. The predicted octanol–water partition coefficient (Wildman–Crippen LogP) is 9.42. The lowest BCUT2D eigenvalue weighted by Crippen LogP contribution is -2.38. The maximum Gasteiger partial charge on any atom is 0.251 e. The summed E-state index contributed by atoms with van der Waals surface area (Å²) in [7, 11) is 0. The molecule has 9 heteroatoms. The summed E-state index contributed by atoms with van der Waals surface area (Å²) in [6.45, 7) is 13.1. The van der Waals surface area contributed by atoms with Crippen LogP contribution in [0.4, 0.5) is 5.82 Å². The van der Waals surface area contributed by atoms with Gasteiger partial charge >= 0.3 is 0 Å². The third-order valence-corrected chi connectivity index (χ3v) is 10.8. The summed E-state index contributed by atoms with van der Waals surface area (Å²) in [5, 5.41) is 7.63. The first kappa shape index (κ1) is 36.9. The third kappa shape index (κ3) is 8.37. The molecule has 2 atom stereocenters.